The van der Waals surface area contributed by atoms with Crippen LogP contribution in [-0.2, 0) is 13.0 Å². The fourth-order valence-electron chi connectivity index (χ4n) is 4.44. The summed E-state index contributed by atoms with van der Waals surface area (Å²) in [5.41, 5.74) is 5.14. The molecule has 0 spiro atoms. The highest BCUT2D eigenvalue weighted by Crippen LogP contribution is 2.46. The van der Waals surface area contributed by atoms with E-state index in [0.717, 1.165) is 32.4 Å². The molecule has 1 heterocycles. The van der Waals surface area contributed by atoms with E-state index in [1.165, 1.54) is 22.3 Å². The molecule has 1 aliphatic carbocycles. The van der Waals surface area contributed by atoms with Crippen LogP contribution >= 0.6 is 0 Å². The van der Waals surface area contributed by atoms with Gasteiger partial charge in [-0.05, 0) is 60.2 Å². The zero-order valence-corrected chi connectivity index (χ0v) is 13.5. The van der Waals surface area contributed by atoms with Crippen LogP contribution in [0.15, 0.2) is 36.4 Å². The minimum Gasteiger partial charge on any atom is -0.504 e. The van der Waals surface area contributed by atoms with E-state index in [-0.39, 0.29) is 11.5 Å². The molecule has 2 aromatic carbocycles. The highest BCUT2D eigenvalue weighted by Gasteiger charge is 2.39. The Bertz CT molecular complexity index is 740. The van der Waals surface area contributed by atoms with Gasteiger partial charge in [0.05, 0.1) is 0 Å². The zero-order valence-electron chi connectivity index (χ0n) is 13.5. The Morgan fingerprint density at radius 1 is 1.04 bits per heavy atom. The summed E-state index contributed by atoms with van der Waals surface area (Å²) in [4.78, 5) is 2.60. The molecule has 3 heteroatoms. The van der Waals surface area contributed by atoms with E-state index in [0.29, 0.717) is 12.0 Å². The van der Waals surface area contributed by atoms with Crippen molar-refractivity contribution >= 4 is 0 Å². The molecule has 23 heavy (non-hydrogen) atoms. The van der Waals surface area contributed by atoms with Crippen molar-refractivity contribution in [3.63, 3.8) is 0 Å². The Labute approximate surface area is 137 Å². The summed E-state index contributed by atoms with van der Waals surface area (Å²) in [5.74, 6) is 0.285. The maximum absolute atomic E-state index is 10.0. The third-order valence-corrected chi connectivity index (χ3v) is 5.41. The van der Waals surface area contributed by atoms with Crippen molar-refractivity contribution in [1.29, 1.82) is 0 Å². The van der Waals surface area contributed by atoms with Crippen molar-refractivity contribution < 1.29 is 10.2 Å². The van der Waals surface area contributed by atoms with E-state index >= 15 is 0 Å². The van der Waals surface area contributed by atoms with Crippen molar-refractivity contribution in [3.8, 4) is 11.5 Å². The molecule has 2 atom stereocenters. The number of phenols is 2. The number of hydrogen-bond acceptors (Lipinski definition) is 3. The lowest BCUT2D eigenvalue weighted by atomic mass is 9.71. The first-order valence-electron chi connectivity index (χ1n) is 8.55. The van der Waals surface area contributed by atoms with Gasteiger partial charge in [0.25, 0.3) is 0 Å². The van der Waals surface area contributed by atoms with Crippen LogP contribution in [0.3, 0.4) is 0 Å². The van der Waals surface area contributed by atoms with Gasteiger partial charge in [-0.3, -0.25) is 4.90 Å². The molecule has 0 radical (unpaired) electrons. The number of fused-ring (bicyclic) bond motifs is 5. The second-order valence-corrected chi connectivity index (χ2v) is 6.79. The average molecular weight is 309 g/mol. The second-order valence-electron chi connectivity index (χ2n) is 6.79. The van der Waals surface area contributed by atoms with Gasteiger partial charge in [0.15, 0.2) is 11.5 Å². The standard InChI is InChI=1S/C20H23NO2/c1-2-9-21-12-14-5-3-4-6-15(14)20-16-11-19(23)18(22)10-13(16)7-8-17(20)21/h3-6,10-11,17,20,22-23H,2,7-9,12H2,1H3/t17-,20+/m1/s1. The van der Waals surface area contributed by atoms with Crippen LogP contribution in [0.2, 0.25) is 0 Å². The van der Waals surface area contributed by atoms with E-state index in [9.17, 15) is 10.2 Å². The normalized spacial score (nSPS) is 23.0. The van der Waals surface area contributed by atoms with E-state index < -0.39 is 0 Å². The van der Waals surface area contributed by atoms with E-state index in [2.05, 4.69) is 36.1 Å². The number of hydrogen-bond donors (Lipinski definition) is 2. The first-order valence-corrected chi connectivity index (χ1v) is 8.55. The Kier molecular flexibility index (Phi) is 3.53. The molecular formula is C20H23NO2. The number of aryl methyl sites for hydroxylation is 1. The van der Waals surface area contributed by atoms with Crippen LogP contribution < -0.4 is 0 Å². The van der Waals surface area contributed by atoms with Crippen LogP contribution in [0.5, 0.6) is 11.5 Å². The zero-order chi connectivity index (χ0) is 16.0. The molecule has 2 aliphatic rings. The molecule has 0 saturated carbocycles. The number of nitrogens with zero attached hydrogens (tertiary/aromatic N) is 1. The molecular weight excluding hydrogens is 286 g/mol. The number of aromatic hydroxyl groups is 2. The van der Waals surface area contributed by atoms with Gasteiger partial charge in [-0.15, -0.1) is 0 Å². The summed E-state index contributed by atoms with van der Waals surface area (Å²) in [5, 5.41) is 19.9. The van der Waals surface area contributed by atoms with Crippen LogP contribution in [0.4, 0.5) is 0 Å². The third-order valence-electron chi connectivity index (χ3n) is 5.41. The SMILES string of the molecule is CCCN1Cc2ccccc2[C@H]2c3cc(O)c(O)cc3CC[C@H]21. The maximum atomic E-state index is 10.0. The quantitative estimate of drug-likeness (QED) is 0.830. The first-order chi connectivity index (χ1) is 11.2. The number of benzene rings is 2. The van der Waals surface area contributed by atoms with Crippen molar-refractivity contribution in [2.75, 3.05) is 6.54 Å². The lowest BCUT2D eigenvalue weighted by Gasteiger charge is -2.46. The Balaban J connectivity index is 1.88. The van der Waals surface area contributed by atoms with Gasteiger partial charge < -0.3 is 10.2 Å². The minimum atomic E-state index is -0.00510. The highest BCUT2D eigenvalue weighted by molar-refractivity contribution is 5.53. The number of phenolic OH excluding ortho intramolecular Hbond substituents is 2. The maximum Gasteiger partial charge on any atom is 0.157 e. The predicted octanol–water partition coefficient (Wildman–Crippen LogP) is 3.77. The predicted molar refractivity (Wildman–Crippen MR) is 90.9 cm³/mol. The summed E-state index contributed by atoms with van der Waals surface area (Å²) in [7, 11) is 0. The Morgan fingerprint density at radius 2 is 1.83 bits per heavy atom. The van der Waals surface area contributed by atoms with Gasteiger partial charge >= 0.3 is 0 Å². The minimum absolute atomic E-state index is 0.00305. The topological polar surface area (TPSA) is 43.7 Å². The fraction of sp³-hybridized carbons (Fsp3) is 0.400. The fourth-order valence-corrected chi connectivity index (χ4v) is 4.44. The molecule has 0 saturated heterocycles. The lowest BCUT2D eigenvalue weighted by Crippen LogP contribution is -2.46. The Hall–Kier alpha value is -2.00. The van der Waals surface area contributed by atoms with Gasteiger partial charge in [-0.2, -0.15) is 0 Å². The van der Waals surface area contributed by atoms with Crippen molar-refractivity contribution in [1.82, 2.24) is 4.90 Å². The largest absolute Gasteiger partial charge is 0.504 e. The molecule has 2 N–H and O–H groups in total. The van der Waals surface area contributed by atoms with Gasteiger partial charge in [0, 0.05) is 18.5 Å². The van der Waals surface area contributed by atoms with Crippen molar-refractivity contribution in [2.45, 2.75) is 44.7 Å². The van der Waals surface area contributed by atoms with Gasteiger partial charge in [0.2, 0.25) is 0 Å². The van der Waals surface area contributed by atoms with Crippen molar-refractivity contribution in [2.24, 2.45) is 0 Å². The van der Waals surface area contributed by atoms with Crippen molar-refractivity contribution in [3.05, 3.63) is 58.7 Å². The average Bonchev–Trinajstić information content (AvgIpc) is 2.56. The molecule has 4 rings (SSSR count). The lowest BCUT2D eigenvalue weighted by molar-refractivity contribution is 0.141. The first kappa shape index (κ1) is 14.6. The molecule has 2 aromatic rings. The summed E-state index contributed by atoms with van der Waals surface area (Å²) < 4.78 is 0. The molecule has 120 valence electrons. The van der Waals surface area contributed by atoms with Gasteiger partial charge in [-0.1, -0.05) is 31.2 Å². The van der Waals surface area contributed by atoms with E-state index in [1.807, 2.05) is 0 Å². The summed E-state index contributed by atoms with van der Waals surface area (Å²) in [6.07, 6.45) is 3.22. The molecule has 1 aliphatic heterocycles. The molecule has 0 amide bonds. The number of rotatable bonds is 2. The Morgan fingerprint density at radius 3 is 2.65 bits per heavy atom. The van der Waals surface area contributed by atoms with E-state index in [4.69, 9.17) is 0 Å². The highest BCUT2D eigenvalue weighted by atomic mass is 16.3. The van der Waals surface area contributed by atoms with Crippen LogP contribution in [-0.4, -0.2) is 27.7 Å². The monoisotopic (exact) mass is 309 g/mol. The molecule has 0 aromatic heterocycles. The summed E-state index contributed by atoms with van der Waals surface area (Å²) >= 11 is 0. The molecule has 0 fully saturated rings. The molecule has 3 nitrogen and oxygen atoms in total. The van der Waals surface area contributed by atoms with Crippen LogP contribution in [0.1, 0.15) is 47.9 Å². The molecule has 0 unspecified atom stereocenters. The van der Waals surface area contributed by atoms with Crippen LogP contribution in [0, 0.1) is 0 Å². The smallest absolute Gasteiger partial charge is 0.157 e. The van der Waals surface area contributed by atoms with Gasteiger partial charge in [-0.25, -0.2) is 0 Å². The van der Waals surface area contributed by atoms with E-state index in [1.54, 1.807) is 12.1 Å². The second kappa shape index (κ2) is 5.57. The molecule has 0 bridgehead atoms. The summed E-state index contributed by atoms with van der Waals surface area (Å²) in [6, 6.07) is 12.7. The summed E-state index contributed by atoms with van der Waals surface area (Å²) in [6.45, 7) is 4.36. The third kappa shape index (κ3) is 2.31. The van der Waals surface area contributed by atoms with Crippen LogP contribution in [0.25, 0.3) is 0 Å². The van der Waals surface area contributed by atoms with Gasteiger partial charge in [0.1, 0.15) is 0 Å².